The van der Waals surface area contributed by atoms with Gasteiger partial charge in [-0.15, -0.1) is 11.3 Å². The molecule has 6 heteroatoms. The van der Waals surface area contributed by atoms with Crippen LogP contribution in [0.2, 0.25) is 0 Å². The van der Waals surface area contributed by atoms with E-state index in [0.717, 1.165) is 35.7 Å². The molecule has 2 atom stereocenters. The standard InChI is InChI=1S/C19H22N4OS/c1-13(16-11-23(2)8-9-24-16)22-18-15-10-17(14-6-4-3-5-7-14)25-19(15)21-12-20-18/h3-7,10,12-13,16H,8-9,11H2,1-2H3,(H,20,21,22). The van der Waals surface area contributed by atoms with Crippen LogP contribution in [0.3, 0.4) is 0 Å². The first-order valence-corrected chi connectivity index (χ1v) is 9.39. The molecule has 130 valence electrons. The molecule has 0 radical (unpaired) electrons. The van der Waals surface area contributed by atoms with Crippen LogP contribution in [0.4, 0.5) is 5.82 Å². The fourth-order valence-electron chi connectivity index (χ4n) is 3.14. The number of nitrogens with zero attached hydrogens (tertiary/aromatic N) is 3. The van der Waals surface area contributed by atoms with E-state index in [9.17, 15) is 0 Å². The molecule has 2 unspecified atom stereocenters. The van der Waals surface area contributed by atoms with Gasteiger partial charge in [0, 0.05) is 18.0 Å². The summed E-state index contributed by atoms with van der Waals surface area (Å²) in [6, 6.07) is 12.8. The number of anilines is 1. The van der Waals surface area contributed by atoms with Crippen molar-refractivity contribution in [3.8, 4) is 10.4 Å². The molecule has 1 aromatic carbocycles. The normalized spacial score (nSPS) is 19.8. The van der Waals surface area contributed by atoms with Crippen molar-refractivity contribution in [3.63, 3.8) is 0 Å². The Bertz CT molecular complexity index is 851. The van der Waals surface area contributed by atoms with Crippen LogP contribution in [-0.4, -0.2) is 53.8 Å². The smallest absolute Gasteiger partial charge is 0.138 e. The van der Waals surface area contributed by atoms with Crippen LogP contribution in [0, 0.1) is 0 Å². The summed E-state index contributed by atoms with van der Waals surface area (Å²) in [5, 5.41) is 4.62. The van der Waals surface area contributed by atoms with E-state index in [1.165, 1.54) is 10.4 Å². The zero-order valence-electron chi connectivity index (χ0n) is 14.5. The van der Waals surface area contributed by atoms with E-state index in [4.69, 9.17) is 4.74 Å². The molecule has 2 aromatic heterocycles. The maximum atomic E-state index is 5.92. The van der Waals surface area contributed by atoms with Crippen molar-refractivity contribution in [2.75, 3.05) is 32.1 Å². The first-order chi connectivity index (χ1) is 12.2. The summed E-state index contributed by atoms with van der Waals surface area (Å²) < 4.78 is 5.92. The zero-order valence-corrected chi connectivity index (χ0v) is 15.3. The highest BCUT2D eigenvalue weighted by Gasteiger charge is 2.24. The average Bonchev–Trinajstić information content (AvgIpc) is 3.08. The van der Waals surface area contributed by atoms with Crippen molar-refractivity contribution < 1.29 is 4.74 Å². The maximum Gasteiger partial charge on any atom is 0.138 e. The summed E-state index contributed by atoms with van der Waals surface area (Å²) in [5.41, 5.74) is 1.21. The lowest BCUT2D eigenvalue weighted by atomic mass is 10.1. The number of aromatic nitrogens is 2. The lowest BCUT2D eigenvalue weighted by molar-refractivity contribution is -0.0259. The minimum Gasteiger partial charge on any atom is -0.373 e. The number of morpholine rings is 1. The highest BCUT2D eigenvalue weighted by Crippen LogP contribution is 2.35. The minimum absolute atomic E-state index is 0.163. The number of nitrogens with one attached hydrogen (secondary N) is 1. The van der Waals surface area contributed by atoms with Gasteiger partial charge in [-0.2, -0.15) is 0 Å². The Labute approximate surface area is 151 Å². The van der Waals surface area contributed by atoms with Gasteiger partial charge in [-0.05, 0) is 25.6 Å². The van der Waals surface area contributed by atoms with Gasteiger partial charge in [0.05, 0.1) is 24.1 Å². The number of ether oxygens (including phenoxy) is 1. The summed E-state index contributed by atoms with van der Waals surface area (Å²) in [5.74, 6) is 0.882. The summed E-state index contributed by atoms with van der Waals surface area (Å²) in [7, 11) is 2.14. The monoisotopic (exact) mass is 354 g/mol. The van der Waals surface area contributed by atoms with Gasteiger partial charge < -0.3 is 15.0 Å². The maximum absolute atomic E-state index is 5.92. The first kappa shape index (κ1) is 16.4. The fraction of sp³-hybridized carbons (Fsp3) is 0.368. The average molecular weight is 354 g/mol. The summed E-state index contributed by atoms with van der Waals surface area (Å²) in [4.78, 5) is 13.4. The molecule has 0 aliphatic carbocycles. The predicted octanol–water partition coefficient (Wildman–Crippen LogP) is 3.49. The molecule has 1 fully saturated rings. The largest absolute Gasteiger partial charge is 0.373 e. The van der Waals surface area contributed by atoms with Crippen LogP contribution >= 0.6 is 11.3 Å². The SMILES string of the molecule is CC(Nc1ncnc2sc(-c3ccccc3)cc12)C1CN(C)CCO1. The van der Waals surface area contributed by atoms with Crippen molar-refractivity contribution in [2.24, 2.45) is 0 Å². The summed E-state index contributed by atoms with van der Waals surface area (Å²) >= 11 is 1.70. The van der Waals surface area contributed by atoms with Crippen LogP contribution in [-0.2, 0) is 4.74 Å². The number of rotatable bonds is 4. The molecule has 0 bridgehead atoms. The van der Waals surface area contributed by atoms with Gasteiger partial charge in [-0.25, -0.2) is 9.97 Å². The van der Waals surface area contributed by atoms with Crippen molar-refractivity contribution in [3.05, 3.63) is 42.7 Å². The Morgan fingerprint density at radius 3 is 2.92 bits per heavy atom. The molecule has 3 aromatic rings. The van der Waals surface area contributed by atoms with E-state index in [1.54, 1.807) is 17.7 Å². The van der Waals surface area contributed by atoms with Crippen molar-refractivity contribution in [2.45, 2.75) is 19.1 Å². The Hall–Kier alpha value is -2.02. The highest BCUT2D eigenvalue weighted by molar-refractivity contribution is 7.21. The number of fused-ring (bicyclic) bond motifs is 1. The molecule has 1 aliphatic rings. The van der Waals surface area contributed by atoms with E-state index >= 15 is 0 Å². The molecule has 4 rings (SSSR count). The van der Waals surface area contributed by atoms with Gasteiger partial charge in [0.15, 0.2) is 0 Å². The number of benzene rings is 1. The van der Waals surface area contributed by atoms with Gasteiger partial charge in [-0.3, -0.25) is 0 Å². The number of hydrogen-bond donors (Lipinski definition) is 1. The predicted molar refractivity (Wildman–Crippen MR) is 103 cm³/mol. The third-order valence-corrected chi connectivity index (χ3v) is 5.70. The fourth-order valence-corrected chi connectivity index (χ4v) is 4.14. The van der Waals surface area contributed by atoms with Gasteiger partial charge in [0.2, 0.25) is 0 Å². The Morgan fingerprint density at radius 1 is 1.28 bits per heavy atom. The van der Waals surface area contributed by atoms with Crippen LogP contribution in [0.1, 0.15) is 6.92 Å². The molecular formula is C19H22N4OS. The van der Waals surface area contributed by atoms with Crippen molar-refractivity contribution in [1.29, 1.82) is 0 Å². The molecule has 5 nitrogen and oxygen atoms in total. The molecule has 25 heavy (non-hydrogen) atoms. The minimum atomic E-state index is 0.163. The lowest BCUT2D eigenvalue weighted by Gasteiger charge is -2.34. The second kappa shape index (κ2) is 7.07. The highest BCUT2D eigenvalue weighted by atomic mass is 32.1. The second-order valence-electron chi connectivity index (χ2n) is 6.52. The van der Waals surface area contributed by atoms with E-state index in [2.05, 4.69) is 64.5 Å². The zero-order chi connectivity index (χ0) is 17.2. The number of hydrogen-bond acceptors (Lipinski definition) is 6. The third kappa shape index (κ3) is 3.51. The summed E-state index contributed by atoms with van der Waals surface area (Å²) in [6.07, 6.45) is 1.80. The molecule has 1 N–H and O–H groups in total. The van der Waals surface area contributed by atoms with E-state index in [-0.39, 0.29) is 12.1 Å². The van der Waals surface area contributed by atoms with E-state index in [0.29, 0.717) is 0 Å². The van der Waals surface area contributed by atoms with Crippen LogP contribution in [0.15, 0.2) is 42.7 Å². The van der Waals surface area contributed by atoms with Gasteiger partial charge >= 0.3 is 0 Å². The summed E-state index contributed by atoms with van der Waals surface area (Å²) in [6.45, 7) is 4.86. The Morgan fingerprint density at radius 2 is 2.12 bits per heavy atom. The molecule has 0 saturated carbocycles. The van der Waals surface area contributed by atoms with Crippen LogP contribution in [0.5, 0.6) is 0 Å². The van der Waals surface area contributed by atoms with Crippen LogP contribution < -0.4 is 5.32 Å². The lowest BCUT2D eigenvalue weighted by Crippen LogP contribution is -2.47. The van der Waals surface area contributed by atoms with E-state index in [1.807, 2.05) is 6.07 Å². The first-order valence-electron chi connectivity index (χ1n) is 8.57. The molecular weight excluding hydrogens is 332 g/mol. The van der Waals surface area contributed by atoms with E-state index < -0.39 is 0 Å². The van der Waals surface area contributed by atoms with Gasteiger partial charge in [-0.1, -0.05) is 30.3 Å². The Kier molecular flexibility index (Phi) is 4.65. The molecule has 1 saturated heterocycles. The number of thiophene rings is 1. The van der Waals surface area contributed by atoms with Crippen molar-refractivity contribution >= 4 is 27.4 Å². The molecule has 0 amide bonds. The third-order valence-electron chi connectivity index (χ3n) is 4.61. The number of likely N-dealkylation sites (N-methyl/N-ethyl adjacent to an activating group) is 1. The second-order valence-corrected chi connectivity index (χ2v) is 7.55. The van der Waals surface area contributed by atoms with Crippen molar-refractivity contribution in [1.82, 2.24) is 14.9 Å². The van der Waals surface area contributed by atoms with Gasteiger partial charge in [0.25, 0.3) is 0 Å². The molecule has 0 spiro atoms. The van der Waals surface area contributed by atoms with Crippen LogP contribution in [0.25, 0.3) is 20.7 Å². The van der Waals surface area contributed by atoms with Gasteiger partial charge in [0.1, 0.15) is 17.0 Å². The quantitative estimate of drug-likeness (QED) is 0.777. The molecule has 3 heterocycles. The topological polar surface area (TPSA) is 50.3 Å². The Balaban J connectivity index is 1.60. The molecule has 1 aliphatic heterocycles.